The number of hydrogen-bond acceptors (Lipinski definition) is 6. The third kappa shape index (κ3) is 4.39. The van der Waals surface area contributed by atoms with Crippen LogP contribution >= 0.6 is 11.3 Å². The van der Waals surface area contributed by atoms with Crippen molar-refractivity contribution in [3.8, 4) is 22.6 Å². The molecule has 0 fully saturated rings. The number of fused-ring (bicyclic) bond motifs is 1. The lowest BCUT2D eigenvalue weighted by Crippen LogP contribution is -2.12. The number of aromatic nitrogens is 2. The number of rotatable bonds is 8. The molecule has 0 saturated heterocycles. The second-order valence-electron chi connectivity index (χ2n) is 7.28. The molecule has 30 heavy (non-hydrogen) atoms. The molecule has 0 atom stereocenters. The third-order valence-corrected chi connectivity index (χ3v) is 5.87. The lowest BCUT2D eigenvalue weighted by atomic mass is 9.99. The number of benzene rings is 2. The summed E-state index contributed by atoms with van der Waals surface area (Å²) in [7, 11) is 1.65. The fraction of sp³-hybridized carbons (Fsp3) is 0.250. The Kier molecular flexibility index (Phi) is 6.14. The molecule has 0 radical (unpaired) electrons. The van der Waals surface area contributed by atoms with Crippen molar-refractivity contribution in [2.45, 2.75) is 19.8 Å². The molecular formula is C24H25N3O2S. The van der Waals surface area contributed by atoms with E-state index in [0.29, 0.717) is 19.1 Å². The molecule has 0 saturated carbocycles. The van der Waals surface area contributed by atoms with Crippen LogP contribution in [0.15, 0.2) is 60.2 Å². The maximum atomic E-state index is 5.81. The highest BCUT2D eigenvalue weighted by molar-refractivity contribution is 7.17. The minimum Gasteiger partial charge on any atom is -0.497 e. The maximum absolute atomic E-state index is 5.81. The van der Waals surface area contributed by atoms with Gasteiger partial charge in [0.25, 0.3) is 0 Å². The molecule has 0 amide bonds. The van der Waals surface area contributed by atoms with E-state index in [4.69, 9.17) is 9.47 Å². The van der Waals surface area contributed by atoms with E-state index >= 15 is 0 Å². The summed E-state index contributed by atoms with van der Waals surface area (Å²) in [6.45, 7) is 5.58. The lowest BCUT2D eigenvalue weighted by Gasteiger charge is -2.11. The van der Waals surface area contributed by atoms with Crippen LogP contribution < -0.4 is 14.8 Å². The van der Waals surface area contributed by atoms with E-state index in [1.807, 2.05) is 24.3 Å². The van der Waals surface area contributed by atoms with E-state index < -0.39 is 0 Å². The highest BCUT2D eigenvalue weighted by Gasteiger charge is 2.13. The fourth-order valence-corrected chi connectivity index (χ4v) is 4.20. The zero-order valence-corrected chi connectivity index (χ0v) is 18.2. The predicted molar refractivity (Wildman–Crippen MR) is 124 cm³/mol. The van der Waals surface area contributed by atoms with Gasteiger partial charge in [-0.1, -0.05) is 38.1 Å². The Hall–Kier alpha value is -3.12. The molecule has 0 aliphatic carbocycles. The minimum atomic E-state index is 0.518. The molecule has 5 nitrogen and oxygen atoms in total. The van der Waals surface area contributed by atoms with E-state index in [2.05, 4.69) is 58.8 Å². The quantitative estimate of drug-likeness (QED) is 0.356. The number of nitrogens with one attached hydrogen (secondary N) is 1. The van der Waals surface area contributed by atoms with Gasteiger partial charge >= 0.3 is 0 Å². The zero-order chi connectivity index (χ0) is 20.9. The monoisotopic (exact) mass is 419 g/mol. The summed E-state index contributed by atoms with van der Waals surface area (Å²) in [5.41, 5.74) is 3.67. The van der Waals surface area contributed by atoms with Crippen molar-refractivity contribution in [1.82, 2.24) is 9.97 Å². The van der Waals surface area contributed by atoms with Crippen molar-refractivity contribution in [2.75, 3.05) is 25.6 Å². The summed E-state index contributed by atoms with van der Waals surface area (Å²) < 4.78 is 11.0. The second kappa shape index (κ2) is 9.13. The van der Waals surface area contributed by atoms with Crippen molar-refractivity contribution in [3.05, 3.63) is 65.8 Å². The summed E-state index contributed by atoms with van der Waals surface area (Å²) >= 11 is 1.64. The van der Waals surface area contributed by atoms with Crippen molar-refractivity contribution in [1.29, 1.82) is 0 Å². The number of nitrogens with zero attached hydrogens (tertiary/aromatic N) is 2. The van der Waals surface area contributed by atoms with Crippen LogP contribution in [0.1, 0.15) is 25.3 Å². The number of hydrogen-bond donors (Lipinski definition) is 1. The SMILES string of the molecule is COc1ccc(OCCNc2ncnc3scc(-c4ccc(C(C)C)cc4)c23)cc1. The first kappa shape index (κ1) is 20.2. The minimum absolute atomic E-state index is 0.518. The molecule has 2 aromatic carbocycles. The summed E-state index contributed by atoms with van der Waals surface area (Å²) in [5.74, 6) is 2.98. The predicted octanol–water partition coefficient (Wildman–Crippen LogP) is 5.98. The van der Waals surface area contributed by atoms with Gasteiger partial charge in [-0.25, -0.2) is 9.97 Å². The van der Waals surface area contributed by atoms with Crippen LogP contribution in [0.5, 0.6) is 11.5 Å². The summed E-state index contributed by atoms with van der Waals surface area (Å²) in [6.07, 6.45) is 1.61. The van der Waals surface area contributed by atoms with Gasteiger partial charge in [0.15, 0.2) is 0 Å². The van der Waals surface area contributed by atoms with Gasteiger partial charge in [0.2, 0.25) is 0 Å². The number of thiophene rings is 1. The topological polar surface area (TPSA) is 56.3 Å². The van der Waals surface area contributed by atoms with E-state index in [1.165, 1.54) is 11.1 Å². The van der Waals surface area contributed by atoms with Gasteiger partial charge in [0.1, 0.15) is 35.1 Å². The second-order valence-corrected chi connectivity index (χ2v) is 8.14. The largest absolute Gasteiger partial charge is 0.497 e. The summed E-state index contributed by atoms with van der Waals surface area (Å²) in [6, 6.07) is 16.3. The fourth-order valence-electron chi connectivity index (χ4n) is 3.28. The Bertz CT molecular complexity index is 1110. The highest BCUT2D eigenvalue weighted by Crippen LogP contribution is 2.36. The van der Waals surface area contributed by atoms with Crippen molar-refractivity contribution in [3.63, 3.8) is 0 Å². The first-order valence-corrected chi connectivity index (χ1v) is 10.9. The Morgan fingerprint density at radius 1 is 0.967 bits per heavy atom. The van der Waals surface area contributed by atoms with E-state index in [0.717, 1.165) is 33.1 Å². The van der Waals surface area contributed by atoms with Gasteiger partial charge in [0.05, 0.1) is 19.0 Å². The Morgan fingerprint density at radius 3 is 2.40 bits per heavy atom. The molecule has 2 aromatic heterocycles. The standard InChI is InChI=1S/C24H25N3O2S/c1-16(2)17-4-6-18(7-5-17)21-14-30-24-22(21)23(26-15-27-24)25-12-13-29-20-10-8-19(28-3)9-11-20/h4-11,14-16H,12-13H2,1-3H3,(H,25,26,27). The Labute approximate surface area is 180 Å². The van der Waals surface area contributed by atoms with Crippen molar-refractivity contribution >= 4 is 27.4 Å². The van der Waals surface area contributed by atoms with Gasteiger partial charge in [-0.05, 0) is 41.3 Å². The number of methoxy groups -OCH3 is 1. The molecular weight excluding hydrogens is 394 g/mol. The van der Waals surface area contributed by atoms with Crippen LogP contribution in [0.25, 0.3) is 21.3 Å². The average molecular weight is 420 g/mol. The summed E-state index contributed by atoms with van der Waals surface area (Å²) in [4.78, 5) is 9.92. The highest BCUT2D eigenvalue weighted by atomic mass is 32.1. The molecule has 0 bridgehead atoms. The van der Waals surface area contributed by atoms with Gasteiger partial charge < -0.3 is 14.8 Å². The first-order chi connectivity index (χ1) is 14.7. The molecule has 4 aromatic rings. The smallest absolute Gasteiger partial charge is 0.138 e. The zero-order valence-electron chi connectivity index (χ0n) is 17.4. The maximum Gasteiger partial charge on any atom is 0.138 e. The molecule has 0 unspecified atom stereocenters. The Balaban J connectivity index is 1.48. The number of ether oxygens (including phenoxy) is 2. The van der Waals surface area contributed by atoms with Gasteiger partial charge in [-0.15, -0.1) is 11.3 Å². The summed E-state index contributed by atoms with van der Waals surface area (Å²) in [5, 5.41) is 6.63. The third-order valence-electron chi connectivity index (χ3n) is 4.98. The van der Waals surface area contributed by atoms with E-state index in [1.54, 1.807) is 24.8 Å². The van der Waals surface area contributed by atoms with Crippen LogP contribution in [-0.2, 0) is 0 Å². The molecule has 0 aliphatic heterocycles. The van der Waals surface area contributed by atoms with Gasteiger partial charge in [-0.2, -0.15) is 0 Å². The molecule has 6 heteroatoms. The molecule has 4 rings (SSSR count). The number of anilines is 1. The van der Waals surface area contributed by atoms with Crippen LogP contribution in [0.3, 0.4) is 0 Å². The van der Waals surface area contributed by atoms with Crippen molar-refractivity contribution < 1.29 is 9.47 Å². The van der Waals surface area contributed by atoms with Gasteiger partial charge in [-0.3, -0.25) is 0 Å². The van der Waals surface area contributed by atoms with Crippen LogP contribution in [0.2, 0.25) is 0 Å². The first-order valence-electron chi connectivity index (χ1n) is 9.99. The molecule has 2 heterocycles. The molecule has 0 spiro atoms. The molecule has 0 aliphatic rings. The normalized spacial score (nSPS) is 11.1. The molecule has 154 valence electrons. The van der Waals surface area contributed by atoms with E-state index in [9.17, 15) is 0 Å². The average Bonchev–Trinajstić information content (AvgIpc) is 3.22. The van der Waals surface area contributed by atoms with Crippen LogP contribution in [0.4, 0.5) is 5.82 Å². The van der Waals surface area contributed by atoms with Crippen molar-refractivity contribution in [2.24, 2.45) is 0 Å². The lowest BCUT2D eigenvalue weighted by molar-refractivity contribution is 0.331. The van der Waals surface area contributed by atoms with Crippen LogP contribution in [0, 0.1) is 0 Å². The Morgan fingerprint density at radius 2 is 1.70 bits per heavy atom. The van der Waals surface area contributed by atoms with Gasteiger partial charge in [0, 0.05) is 10.9 Å². The van der Waals surface area contributed by atoms with E-state index in [-0.39, 0.29) is 0 Å². The molecule has 1 N–H and O–H groups in total. The van der Waals surface area contributed by atoms with Crippen LogP contribution in [-0.4, -0.2) is 30.2 Å².